The van der Waals surface area contributed by atoms with E-state index < -0.39 is 5.54 Å². The van der Waals surface area contributed by atoms with Gasteiger partial charge in [-0.3, -0.25) is 0 Å². The Kier molecular flexibility index (Phi) is 2.17. The first-order valence-corrected chi connectivity index (χ1v) is 6.35. The summed E-state index contributed by atoms with van der Waals surface area (Å²) in [6.45, 7) is 1.96. The summed E-state index contributed by atoms with van der Waals surface area (Å²) in [7, 11) is 0. The second kappa shape index (κ2) is 3.80. The van der Waals surface area contributed by atoms with Crippen LogP contribution in [-0.4, -0.2) is 25.3 Å². The molecule has 0 saturated heterocycles. The maximum Gasteiger partial charge on any atom is 0.208 e. The summed E-state index contributed by atoms with van der Waals surface area (Å²) in [6.07, 6.45) is 0. The van der Waals surface area contributed by atoms with Crippen LogP contribution in [0.15, 0.2) is 40.6 Å². The first-order chi connectivity index (χ1) is 9.70. The molecule has 3 heterocycles. The third kappa shape index (κ3) is 1.35. The second-order valence-corrected chi connectivity index (χ2v) is 5.00. The summed E-state index contributed by atoms with van der Waals surface area (Å²) in [6, 6.07) is 9.84. The van der Waals surface area contributed by atoms with E-state index in [1.165, 1.54) is 4.63 Å². The molecule has 3 aromatic rings. The van der Waals surface area contributed by atoms with Gasteiger partial charge >= 0.3 is 0 Å². The van der Waals surface area contributed by atoms with Crippen LogP contribution in [0.5, 0.6) is 0 Å². The summed E-state index contributed by atoms with van der Waals surface area (Å²) >= 11 is 6.14. The second-order valence-electron chi connectivity index (χ2n) is 4.64. The molecule has 1 aliphatic rings. The Balaban J connectivity index is 2.09. The lowest BCUT2D eigenvalue weighted by molar-refractivity contribution is 0.602. The number of hydrogen-bond donors (Lipinski definition) is 0. The van der Waals surface area contributed by atoms with Crippen LogP contribution in [0.25, 0.3) is 5.65 Å². The monoisotopic (exact) mass is 285 g/mol. The lowest BCUT2D eigenvalue weighted by atomic mass is 9.86. The molecule has 0 fully saturated rings. The molecule has 4 rings (SSSR count). The molecule has 0 saturated carbocycles. The summed E-state index contributed by atoms with van der Waals surface area (Å²) in [5, 5.41) is 24.3. The van der Waals surface area contributed by atoms with E-state index in [0.29, 0.717) is 11.3 Å². The first kappa shape index (κ1) is 11.4. The molecule has 1 aromatic carbocycles. The number of tetrazole rings is 1. The van der Waals surface area contributed by atoms with Crippen molar-refractivity contribution in [2.45, 2.75) is 12.5 Å². The van der Waals surface area contributed by atoms with Crippen molar-refractivity contribution >= 4 is 22.9 Å². The highest BCUT2D eigenvalue weighted by Gasteiger charge is 2.40. The third-order valence-corrected chi connectivity index (χ3v) is 3.72. The molecule has 8 heteroatoms. The highest BCUT2D eigenvalue weighted by Crippen LogP contribution is 2.48. The summed E-state index contributed by atoms with van der Waals surface area (Å²) in [4.78, 5) is 0. The fraction of sp³-hybridized carbons (Fsp3) is 0.167. The molecule has 0 amide bonds. The van der Waals surface area contributed by atoms with E-state index in [-0.39, 0.29) is 5.15 Å². The van der Waals surface area contributed by atoms with Crippen molar-refractivity contribution in [1.29, 1.82) is 0 Å². The Labute approximate surface area is 118 Å². The molecule has 20 heavy (non-hydrogen) atoms. The maximum atomic E-state index is 6.14. The van der Waals surface area contributed by atoms with Crippen LogP contribution < -0.4 is 0 Å². The predicted octanol–water partition coefficient (Wildman–Crippen LogP) is 2.53. The van der Waals surface area contributed by atoms with Gasteiger partial charge in [-0.25, -0.2) is 0 Å². The molecule has 0 radical (unpaired) electrons. The Hall–Kier alpha value is -2.41. The number of azo groups is 1. The summed E-state index contributed by atoms with van der Waals surface area (Å²) in [5.41, 5.74) is 2.14. The van der Waals surface area contributed by atoms with Crippen molar-refractivity contribution in [3.8, 4) is 0 Å². The molecule has 0 aliphatic carbocycles. The van der Waals surface area contributed by atoms with Crippen molar-refractivity contribution in [2.24, 2.45) is 10.2 Å². The fourth-order valence-electron chi connectivity index (χ4n) is 2.44. The van der Waals surface area contributed by atoms with Gasteiger partial charge < -0.3 is 0 Å². The van der Waals surface area contributed by atoms with Crippen LogP contribution in [-0.2, 0) is 5.54 Å². The minimum atomic E-state index is -0.668. The maximum absolute atomic E-state index is 6.14. The Bertz CT molecular complexity index is 842. The van der Waals surface area contributed by atoms with E-state index in [9.17, 15) is 0 Å². The van der Waals surface area contributed by atoms with Gasteiger partial charge in [-0.05, 0) is 22.9 Å². The Morgan fingerprint density at radius 3 is 2.80 bits per heavy atom. The number of benzene rings is 1. The van der Waals surface area contributed by atoms with Gasteiger partial charge in [-0.2, -0.15) is 10.2 Å². The van der Waals surface area contributed by atoms with Gasteiger partial charge in [0.05, 0.1) is 5.56 Å². The van der Waals surface area contributed by atoms with Gasteiger partial charge in [0.2, 0.25) is 5.65 Å². The van der Waals surface area contributed by atoms with Crippen LogP contribution in [0.4, 0.5) is 5.69 Å². The lowest BCUT2D eigenvalue weighted by Crippen LogP contribution is -2.19. The van der Waals surface area contributed by atoms with E-state index in [4.69, 9.17) is 11.6 Å². The smallest absolute Gasteiger partial charge is 0.172 e. The predicted molar refractivity (Wildman–Crippen MR) is 71.0 cm³/mol. The van der Waals surface area contributed by atoms with Crippen LogP contribution in [0.3, 0.4) is 0 Å². The SMILES string of the molecule is CC1(c2ccccc2)N=Nc2c(Cl)nn3nnnc3c21. The molecule has 0 spiro atoms. The molecule has 1 unspecified atom stereocenters. The Morgan fingerprint density at radius 1 is 1.20 bits per heavy atom. The highest BCUT2D eigenvalue weighted by molar-refractivity contribution is 6.32. The molecule has 7 nitrogen and oxygen atoms in total. The van der Waals surface area contributed by atoms with E-state index in [1.54, 1.807) is 0 Å². The zero-order valence-corrected chi connectivity index (χ0v) is 11.2. The number of halogens is 1. The van der Waals surface area contributed by atoms with E-state index in [0.717, 1.165) is 11.1 Å². The van der Waals surface area contributed by atoms with Crippen molar-refractivity contribution in [2.75, 3.05) is 0 Å². The number of nitrogens with zero attached hydrogens (tertiary/aromatic N) is 7. The zero-order valence-electron chi connectivity index (χ0n) is 10.4. The van der Waals surface area contributed by atoms with Crippen molar-refractivity contribution < 1.29 is 0 Å². The third-order valence-electron chi connectivity index (χ3n) is 3.46. The van der Waals surface area contributed by atoms with Gasteiger partial charge in [-0.1, -0.05) is 41.9 Å². The standard InChI is InChI=1S/C12H8ClN7/c1-12(7-5-3-2-4-6-7)8-9(14-17-12)10(13)16-20-11(8)15-18-19-20/h2-6H,1H3. The van der Waals surface area contributed by atoms with Crippen molar-refractivity contribution in [1.82, 2.24) is 25.3 Å². The topological polar surface area (TPSA) is 80.7 Å². The number of aromatic nitrogens is 5. The van der Waals surface area contributed by atoms with Gasteiger partial charge in [0.25, 0.3) is 0 Å². The van der Waals surface area contributed by atoms with Crippen LogP contribution in [0.2, 0.25) is 5.15 Å². The molecule has 1 aliphatic heterocycles. The highest BCUT2D eigenvalue weighted by atomic mass is 35.5. The van der Waals surface area contributed by atoms with E-state index >= 15 is 0 Å². The molecular formula is C12H8ClN7. The molecule has 0 N–H and O–H groups in total. The van der Waals surface area contributed by atoms with Gasteiger partial charge in [0.1, 0.15) is 11.2 Å². The quantitative estimate of drug-likeness (QED) is 0.688. The first-order valence-electron chi connectivity index (χ1n) is 5.97. The fourth-order valence-corrected chi connectivity index (χ4v) is 2.65. The number of fused-ring (bicyclic) bond motifs is 3. The average molecular weight is 286 g/mol. The van der Waals surface area contributed by atoms with Crippen LogP contribution >= 0.6 is 11.6 Å². The number of rotatable bonds is 1. The van der Waals surface area contributed by atoms with Crippen molar-refractivity contribution in [3.63, 3.8) is 0 Å². The van der Waals surface area contributed by atoms with Crippen molar-refractivity contribution in [3.05, 3.63) is 46.6 Å². The molecular weight excluding hydrogens is 278 g/mol. The zero-order chi connectivity index (χ0) is 13.7. The summed E-state index contributed by atoms with van der Waals surface area (Å²) < 4.78 is 1.30. The normalized spacial score (nSPS) is 20.5. The summed E-state index contributed by atoms with van der Waals surface area (Å²) in [5.74, 6) is 0. The Morgan fingerprint density at radius 2 is 2.00 bits per heavy atom. The van der Waals surface area contributed by atoms with Gasteiger partial charge in [0, 0.05) is 0 Å². The van der Waals surface area contributed by atoms with Gasteiger partial charge in [-0.15, -0.1) is 14.8 Å². The minimum absolute atomic E-state index is 0.239. The van der Waals surface area contributed by atoms with Gasteiger partial charge in [0.15, 0.2) is 5.15 Å². The van der Waals surface area contributed by atoms with E-state index in [2.05, 4.69) is 30.9 Å². The molecule has 1 atom stereocenters. The average Bonchev–Trinajstić information content (AvgIpc) is 3.05. The van der Waals surface area contributed by atoms with Crippen LogP contribution in [0.1, 0.15) is 18.1 Å². The lowest BCUT2D eigenvalue weighted by Gasteiger charge is -2.21. The molecule has 98 valence electrons. The van der Waals surface area contributed by atoms with Crippen LogP contribution in [0, 0.1) is 0 Å². The molecule has 0 bridgehead atoms. The largest absolute Gasteiger partial charge is 0.208 e. The van der Waals surface area contributed by atoms with E-state index in [1.807, 2.05) is 37.3 Å². The number of hydrogen-bond acceptors (Lipinski definition) is 6. The minimum Gasteiger partial charge on any atom is -0.172 e. The molecule has 2 aromatic heterocycles.